The number of aromatic nitrogens is 4. The van der Waals surface area contributed by atoms with Gasteiger partial charge in [-0.1, -0.05) is 40.5 Å². The molecule has 0 aliphatic carbocycles. The molecule has 0 unspecified atom stereocenters. The van der Waals surface area contributed by atoms with Crippen LogP contribution in [0, 0.1) is 13.8 Å². The quantitative estimate of drug-likeness (QED) is 0.450. The summed E-state index contributed by atoms with van der Waals surface area (Å²) in [5.41, 5.74) is 4.82. The number of hydrogen-bond donors (Lipinski definition) is 0. The fourth-order valence-corrected chi connectivity index (χ4v) is 3.37. The lowest BCUT2D eigenvalue weighted by atomic mass is 10.1. The van der Waals surface area contributed by atoms with Gasteiger partial charge in [0.1, 0.15) is 0 Å². The number of aryl methyl sites for hydroxylation is 2. The summed E-state index contributed by atoms with van der Waals surface area (Å²) >= 11 is 12.2. The Kier molecular flexibility index (Phi) is 4.72. The van der Waals surface area contributed by atoms with Crippen molar-refractivity contribution in [2.24, 2.45) is 0 Å². The minimum atomic E-state index is 0.429. The smallest absolute Gasteiger partial charge is 0.258 e. The highest BCUT2D eigenvalue weighted by molar-refractivity contribution is 6.36. The molecule has 0 aliphatic rings. The predicted octanol–water partition coefficient (Wildman–Crippen LogP) is 5.57. The van der Waals surface area contributed by atoms with E-state index in [0.29, 0.717) is 27.3 Å². The Morgan fingerprint density at radius 1 is 1.00 bits per heavy atom. The van der Waals surface area contributed by atoms with Crippen LogP contribution in [0.15, 0.2) is 53.1 Å². The molecule has 4 rings (SSSR count). The molecule has 0 saturated heterocycles. The number of hydrogen-bond acceptors (Lipinski definition) is 4. The average molecular weight is 399 g/mol. The zero-order valence-corrected chi connectivity index (χ0v) is 16.3. The summed E-state index contributed by atoms with van der Waals surface area (Å²) in [5, 5.41) is 9.56. The van der Waals surface area contributed by atoms with Crippen LogP contribution in [0.25, 0.3) is 22.8 Å². The van der Waals surface area contributed by atoms with E-state index in [9.17, 15) is 0 Å². The molecule has 0 spiro atoms. The zero-order chi connectivity index (χ0) is 19.0. The highest BCUT2D eigenvalue weighted by Crippen LogP contribution is 2.30. The van der Waals surface area contributed by atoms with Gasteiger partial charge in [-0.3, -0.25) is 4.68 Å². The standard InChI is InChI=1S/C20H16Cl2N4O/c1-12-9-13(2)26(24-12)11-14-3-5-15(6-4-14)20-23-19(25-27-20)17-8-7-16(21)10-18(17)22/h3-10H,11H2,1-2H3. The molecule has 136 valence electrons. The zero-order valence-electron chi connectivity index (χ0n) is 14.8. The molecule has 0 bridgehead atoms. The summed E-state index contributed by atoms with van der Waals surface area (Å²) in [4.78, 5) is 4.45. The fourth-order valence-electron chi connectivity index (χ4n) is 2.88. The molecule has 0 aliphatic heterocycles. The maximum Gasteiger partial charge on any atom is 0.258 e. The molecule has 0 fully saturated rings. The average Bonchev–Trinajstić information content (AvgIpc) is 3.22. The van der Waals surface area contributed by atoms with E-state index in [1.165, 1.54) is 0 Å². The molecular formula is C20H16Cl2N4O. The van der Waals surface area contributed by atoms with E-state index in [4.69, 9.17) is 27.7 Å². The Hall–Kier alpha value is -2.63. The minimum absolute atomic E-state index is 0.429. The van der Waals surface area contributed by atoms with Crippen molar-refractivity contribution in [3.05, 3.63) is 75.5 Å². The maximum absolute atomic E-state index is 6.22. The van der Waals surface area contributed by atoms with Crippen molar-refractivity contribution in [2.45, 2.75) is 20.4 Å². The van der Waals surface area contributed by atoms with Crippen LogP contribution in [-0.4, -0.2) is 19.9 Å². The highest BCUT2D eigenvalue weighted by Gasteiger charge is 2.13. The third-order valence-electron chi connectivity index (χ3n) is 4.23. The Morgan fingerprint density at radius 2 is 1.78 bits per heavy atom. The van der Waals surface area contributed by atoms with E-state index >= 15 is 0 Å². The summed E-state index contributed by atoms with van der Waals surface area (Å²) in [6.07, 6.45) is 0. The molecule has 0 radical (unpaired) electrons. The van der Waals surface area contributed by atoms with Gasteiger partial charge in [-0.15, -0.1) is 0 Å². The van der Waals surface area contributed by atoms with Gasteiger partial charge in [0.25, 0.3) is 5.89 Å². The Balaban J connectivity index is 1.56. The first-order valence-corrected chi connectivity index (χ1v) is 9.15. The van der Waals surface area contributed by atoms with Crippen LogP contribution in [0.4, 0.5) is 0 Å². The van der Waals surface area contributed by atoms with E-state index in [0.717, 1.165) is 29.1 Å². The lowest BCUT2D eigenvalue weighted by Gasteiger charge is -2.05. The molecular weight excluding hydrogens is 383 g/mol. The topological polar surface area (TPSA) is 56.7 Å². The van der Waals surface area contributed by atoms with Crippen molar-refractivity contribution in [2.75, 3.05) is 0 Å². The van der Waals surface area contributed by atoms with Gasteiger partial charge in [0, 0.05) is 21.8 Å². The van der Waals surface area contributed by atoms with Gasteiger partial charge in [0.2, 0.25) is 5.82 Å². The van der Waals surface area contributed by atoms with Crippen LogP contribution >= 0.6 is 23.2 Å². The maximum atomic E-state index is 6.22. The Morgan fingerprint density at radius 3 is 2.44 bits per heavy atom. The van der Waals surface area contributed by atoms with E-state index in [1.807, 2.05) is 35.9 Å². The summed E-state index contributed by atoms with van der Waals surface area (Å²) in [7, 11) is 0. The van der Waals surface area contributed by atoms with Crippen molar-refractivity contribution in [1.29, 1.82) is 0 Å². The number of nitrogens with zero attached hydrogens (tertiary/aromatic N) is 4. The molecule has 0 atom stereocenters. The van der Waals surface area contributed by atoms with Crippen LogP contribution in [0.5, 0.6) is 0 Å². The van der Waals surface area contributed by atoms with Crippen molar-refractivity contribution in [1.82, 2.24) is 19.9 Å². The third-order valence-corrected chi connectivity index (χ3v) is 4.78. The van der Waals surface area contributed by atoms with E-state index in [2.05, 4.69) is 28.2 Å². The molecule has 4 aromatic rings. The number of benzene rings is 2. The first-order chi connectivity index (χ1) is 13.0. The van der Waals surface area contributed by atoms with E-state index in [1.54, 1.807) is 18.2 Å². The van der Waals surface area contributed by atoms with Gasteiger partial charge in [-0.05, 0) is 55.8 Å². The minimum Gasteiger partial charge on any atom is -0.334 e. The monoisotopic (exact) mass is 398 g/mol. The first-order valence-electron chi connectivity index (χ1n) is 8.39. The number of halogens is 2. The van der Waals surface area contributed by atoms with Crippen LogP contribution < -0.4 is 0 Å². The largest absolute Gasteiger partial charge is 0.334 e. The first kappa shape index (κ1) is 17.8. The van der Waals surface area contributed by atoms with Crippen molar-refractivity contribution in [3.8, 4) is 22.8 Å². The second-order valence-electron chi connectivity index (χ2n) is 6.33. The Bertz CT molecular complexity index is 1100. The second-order valence-corrected chi connectivity index (χ2v) is 7.17. The molecule has 5 nitrogen and oxygen atoms in total. The van der Waals surface area contributed by atoms with Gasteiger partial charge < -0.3 is 4.52 Å². The summed E-state index contributed by atoms with van der Waals surface area (Å²) in [6, 6.07) is 15.2. The van der Waals surface area contributed by atoms with Crippen molar-refractivity contribution < 1.29 is 4.52 Å². The highest BCUT2D eigenvalue weighted by atomic mass is 35.5. The molecule has 0 N–H and O–H groups in total. The molecule has 2 aromatic heterocycles. The van der Waals surface area contributed by atoms with Gasteiger partial charge >= 0.3 is 0 Å². The van der Waals surface area contributed by atoms with Crippen molar-refractivity contribution >= 4 is 23.2 Å². The van der Waals surface area contributed by atoms with Crippen LogP contribution in [0.3, 0.4) is 0 Å². The van der Waals surface area contributed by atoms with Gasteiger partial charge in [0.15, 0.2) is 0 Å². The predicted molar refractivity (Wildman–Crippen MR) is 106 cm³/mol. The fraction of sp³-hybridized carbons (Fsp3) is 0.150. The third kappa shape index (κ3) is 3.75. The van der Waals surface area contributed by atoms with Crippen LogP contribution in [-0.2, 0) is 6.54 Å². The molecule has 2 aromatic carbocycles. The normalized spacial score (nSPS) is 11.1. The van der Waals surface area contributed by atoms with E-state index < -0.39 is 0 Å². The van der Waals surface area contributed by atoms with Gasteiger partial charge in [-0.2, -0.15) is 10.1 Å². The number of rotatable bonds is 4. The summed E-state index contributed by atoms with van der Waals surface area (Å²) in [5.74, 6) is 0.868. The molecule has 0 amide bonds. The Labute approximate surface area is 166 Å². The molecule has 7 heteroatoms. The van der Waals surface area contributed by atoms with Crippen LogP contribution in [0.1, 0.15) is 17.0 Å². The summed E-state index contributed by atoms with van der Waals surface area (Å²) in [6.45, 7) is 4.76. The molecule has 0 saturated carbocycles. The van der Waals surface area contributed by atoms with Gasteiger partial charge in [0.05, 0.1) is 17.3 Å². The van der Waals surface area contributed by atoms with Gasteiger partial charge in [-0.25, -0.2) is 0 Å². The van der Waals surface area contributed by atoms with Crippen molar-refractivity contribution in [3.63, 3.8) is 0 Å². The molecule has 27 heavy (non-hydrogen) atoms. The lowest BCUT2D eigenvalue weighted by Crippen LogP contribution is -2.03. The van der Waals surface area contributed by atoms with E-state index in [-0.39, 0.29) is 0 Å². The SMILES string of the molecule is Cc1cc(C)n(Cc2ccc(-c3nc(-c4ccc(Cl)cc4Cl)no3)cc2)n1. The lowest BCUT2D eigenvalue weighted by molar-refractivity contribution is 0.432. The van der Waals surface area contributed by atoms with Crippen LogP contribution in [0.2, 0.25) is 10.0 Å². The second kappa shape index (κ2) is 7.18. The summed E-state index contributed by atoms with van der Waals surface area (Å²) < 4.78 is 7.38. The molecule has 2 heterocycles.